The summed E-state index contributed by atoms with van der Waals surface area (Å²) in [7, 11) is -0.973. The number of aliphatic hydroxyl groups is 1. The predicted molar refractivity (Wildman–Crippen MR) is 154 cm³/mol. The minimum absolute atomic E-state index is 0.198. The van der Waals surface area contributed by atoms with Crippen molar-refractivity contribution in [3.8, 4) is 12.3 Å². The van der Waals surface area contributed by atoms with E-state index in [1.807, 2.05) is 50.3 Å². The van der Waals surface area contributed by atoms with Crippen molar-refractivity contribution in [1.29, 1.82) is 0 Å². The van der Waals surface area contributed by atoms with E-state index in [9.17, 15) is 5.11 Å². The molecule has 3 aromatic rings. The van der Waals surface area contributed by atoms with Crippen molar-refractivity contribution in [2.75, 3.05) is 6.61 Å². The molecule has 0 unspecified atom stereocenters. The molecule has 0 aliphatic carbocycles. The van der Waals surface area contributed by atoms with Crippen molar-refractivity contribution >= 4 is 26.5 Å². The molecule has 192 valence electrons. The van der Waals surface area contributed by atoms with Crippen LogP contribution in [0.1, 0.15) is 32.8 Å². The molecule has 1 aliphatic rings. The van der Waals surface area contributed by atoms with Gasteiger partial charge in [0.15, 0.2) is 0 Å². The van der Waals surface area contributed by atoms with Crippen LogP contribution in [-0.4, -0.2) is 51.7 Å². The zero-order valence-electron chi connectivity index (χ0n) is 22.3. The summed E-state index contributed by atoms with van der Waals surface area (Å²) in [5.41, 5.74) is 0.0480. The SMILES string of the molecule is B[C@@H]1O[C@](CC#C)(CO[Si](c2ccccc2)(c2ccccc2)C(C)(C)C)[C@@H](OCc2ccccc2)[C@H]1O. The Labute approximate surface area is 223 Å². The monoisotopic (exact) mass is 512 g/mol. The molecule has 1 saturated heterocycles. The Bertz CT molecular complexity index is 1140. The van der Waals surface area contributed by atoms with Gasteiger partial charge in [-0.1, -0.05) is 112 Å². The largest absolute Gasteiger partial charge is 0.404 e. The Hall–Kier alpha value is -2.66. The Morgan fingerprint density at radius 1 is 0.946 bits per heavy atom. The standard InChI is InChI=1S/C31H37BO4Si/c1-5-21-31(28(27(33)29(32)36-31)34-22-24-15-9-6-10-16-24)23-35-37(30(2,3)4,25-17-11-7-12-18-25)26-19-13-8-14-20-26/h1,6-20,27-29,33H,21-23,32H2,2-4H3/t27-,28+,29-,31-/m1/s1. The molecule has 1 aliphatic heterocycles. The molecule has 3 aromatic carbocycles. The van der Waals surface area contributed by atoms with Crippen molar-refractivity contribution in [3.05, 3.63) is 96.6 Å². The molecule has 1 N–H and O–H groups in total. The quantitative estimate of drug-likeness (QED) is 0.353. The number of ether oxygens (including phenoxy) is 2. The summed E-state index contributed by atoms with van der Waals surface area (Å²) in [5, 5.41) is 13.3. The first-order valence-corrected chi connectivity index (χ1v) is 14.8. The summed E-state index contributed by atoms with van der Waals surface area (Å²) in [4.78, 5) is 0. The smallest absolute Gasteiger partial charge is 0.261 e. The van der Waals surface area contributed by atoms with Crippen LogP contribution in [-0.2, 0) is 20.5 Å². The first kappa shape index (κ1) is 27.4. The van der Waals surface area contributed by atoms with Gasteiger partial charge in [-0.05, 0) is 21.0 Å². The number of benzene rings is 3. The summed E-state index contributed by atoms with van der Waals surface area (Å²) >= 11 is 0. The summed E-state index contributed by atoms with van der Waals surface area (Å²) in [6, 6.07) is 30.5. The minimum Gasteiger partial charge on any atom is -0.404 e. The average molecular weight is 513 g/mol. The van der Waals surface area contributed by atoms with Gasteiger partial charge >= 0.3 is 0 Å². The lowest BCUT2D eigenvalue weighted by Crippen LogP contribution is -2.68. The summed E-state index contributed by atoms with van der Waals surface area (Å²) < 4.78 is 20.0. The molecule has 0 saturated carbocycles. The van der Waals surface area contributed by atoms with Crippen LogP contribution < -0.4 is 10.4 Å². The minimum atomic E-state index is -2.84. The lowest BCUT2D eigenvalue weighted by Gasteiger charge is -2.45. The van der Waals surface area contributed by atoms with E-state index in [0.29, 0.717) is 6.61 Å². The topological polar surface area (TPSA) is 47.9 Å². The van der Waals surface area contributed by atoms with Crippen molar-refractivity contribution in [3.63, 3.8) is 0 Å². The van der Waals surface area contributed by atoms with Gasteiger partial charge in [-0.3, -0.25) is 0 Å². The summed E-state index contributed by atoms with van der Waals surface area (Å²) in [6.45, 7) is 7.28. The van der Waals surface area contributed by atoms with Crippen LogP contribution in [0.2, 0.25) is 5.04 Å². The molecule has 4 rings (SSSR count). The zero-order valence-corrected chi connectivity index (χ0v) is 23.3. The summed E-state index contributed by atoms with van der Waals surface area (Å²) in [6.07, 6.45) is 4.71. The first-order chi connectivity index (χ1) is 17.7. The van der Waals surface area contributed by atoms with Crippen LogP contribution in [0.3, 0.4) is 0 Å². The molecule has 4 nitrogen and oxygen atoms in total. The Morgan fingerprint density at radius 2 is 1.46 bits per heavy atom. The van der Waals surface area contributed by atoms with Gasteiger partial charge in [-0.25, -0.2) is 0 Å². The molecule has 1 fully saturated rings. The second kappa shape index (κ2) is 11.4. The average Bonchev–Trinajstić information content (AvgIpc) is 3.13. The van der Waals surface area contributed by atoms with Crippen molar-refractivity contribution < 1.29 is 19.0 Å². The third kappa shape index (κ3) is 5.48. The van der Waals surface area contributed by atoms with E-state index in [0.717, 1.165) is 5.56 Å². The first-order valence-electron chi connectivity index (χ1n) is 12.9. The Balaban J connectivity index is 1.74. The molecule has 0 radical (unpaired) electrons. The molecule has 0 aromatic heterocycles. The number of rotatable bonds is 9. The predicted octanol–water partition coefficient (Wildman–Crippen LogP) is 3.26. The fourth-order valence-electron chi connectivity index (χ4n) is 5.55. The Kier molecular flexibility index (Phi) is 8.43. The van der Waals surface area contributed by atoms with Crippen LogP contribution in [0.4, 0.5) is 0 Å². The fourth-order valence-corrected chi connectivity index (χ4v) is 10.2. The molecule has 0 spiro atoms. The van der Waals surface area contributed by atoms with Gasteiger partial charge in [0.2, 0.25) is 0 Å². The molecule has 0 bridgehead atoms. The highest BCUT2D eigenvalue weighted by atomic mass is 28.4. The molecular weight excluding hydrogens is 475 g/mol. The van der Waals surface area contributed by atoms with Gasteiger partial charge in [0.1, 0.15) is 25.7 Å². The maximum Gasteiger partial charge on any atom is 0.261 e. The zero-order chi connectivity index (χ0) is 26.5. The van der Waals surface area contributed by atoms with E-state index in [2.05, 4.69) is 75.2 Å². The second-order valence-corrected chi connectivity index (χ2v) is 15.2. The van der Waals surface area contributed by atoms with Gasteiger partial charge in [0.05, 0.1) is 19.2 Å². The molecule has 1 heterocycles. The number of terminal acetylenes is 1. The van der Waals surface area contributed by atoms with E-state index >= 15 is 0 Å². The normalized spacial score (nSPS) is 24.0. The van der Waals surface area contributed by atoms with Gasteiger partial charge in [0.25, 0.3) is 8.32 Å². The third-order valence-corrected chi connectivity index (χ3v) is 12.3. The number of aliphatic hydroxyl groups excluding tert-OH is 1. The maximum atomic E-state index is 11.2. The van der Waals surface area contributed by atoms with Gasteiger partial charge in [0, 0.05) is 6.42 Å². The number of hydrogen-bond donors (Lipinski definition) is 1. The highest BCUT2D eigenvalue weighted by Gasteiger charge is 2.57. The van der Waals surface area contributed by atoms with Gasteiger partial charge < -0.3 is 19.0 Å². The van der Waals surface area contributed by atoms with Crippen LogP contribution in [0, 0.1) is 12.3 Å². The Morgan fingerprint density at radius 3 is 1.95 bits per heavy atom. The van der Waals surface area contributed by atoms with Crippen LogP contribution >= 0.6 is 0 Å². The lowest BCUT2D eigenvalue weighted by molar-refractivity contribution is -0.122. The van der Waals surface area contributed by atoms with E-state index < -0.39 is 32.1 Å². The highest BCUT2D eigenvalue weighted by Crippen LogP contribution is 2.41. The highest BCUT2D eigenvalue weighted by molar-refractivity contribution is 6.99. The molecule has 6 heteroatoms. The lowest BCUT2D eigenvalue weighted by atomic mass is 9.88. The fraction of sp³-hybridized carbons (Fsp3) is 0.355. The number of hydrogen-bond acceptors (Lipinski definition) is 4. The van der Waals surface area contributed by atoms with Crippen molar-refractivity contribution in [1.82, 2.24) is 0 Å². The van der Waals surface area contributed by atoms with E-state index in [4.69, 9.17) is 20.3 Å². The molecule has 4 atom stereocenters. The van der Waals surface area contributed by atoms with Crippen molar-refractivity contribution in [2.45, 2.75) is 62.6 Å². The summed E-state index contributed by atoms with van der Waals surface area (Å²) in [5.74, 6) is 2.79. The molecule has 0 amide bonds. The van der Waals surface area contributed by atoms with Crippen LogP contribution in [0.5, 0.6) is 0 Å². The third-order valence-electron chi connectivity index (χ3n) is 7.35. The second-order valence-electron chi connectivity index (χ2n) is 10.9. The molecular formula is C31H37BO4Si. The van der Waals surface area contributed by atoms with Crippen LogP contribution in [0.15, 0.2) is 91.0 Å². The van der Waals surface area contributed by atoms with Gasteiger partial charge in [-0.15, -0.1) is 12.3 Å². The van der Waals surface area contributed by atoms with Crippen molar-refractivity contribution in [2.24, 2.45) is 0 Å². The van der Waals surface area contributed by atoms with Gasteiger partial charge in [-0.2, -0.15) is 0 Å². The van der Waals surface area contributed by atoms with Crippen LogP contribution in [0.25, 0.3) is 0 Å². The van der Waals surface area contributed by atoms with E-state index in [1.54, 1.807) is 0 Å². The van der Waals surface area contributed by atoms with E-state index in [1.165, 1.54) is 10.4 Å². The molecule has 37 heavy (non-hydrogen) atoms. The maximum absolute atomic E-state index is 11.2. The van der Waals surface area contributed by atoms with E-state index in [-0.39, 0.29) is 18.1 Å².